The van der Waals surface area contributed by atoms with Crippen LogP contribution in [0.5, 0.6) is 0 Å². The first kappa shape index (κ1) is 20.1. The molecule has 0 spiro atoms. The fourth-order valence-corrected chi connectivity index (χ4v) is 3.58. The molecule has 0 aliphatic heterocycles. The van der Waals surface area contributed by atoms with E-state index in [0.717, 1.165) is 19.5 Å². The second kappa shape index (κ2) is 10.1. The Morgan fingerprint density at radius 2 is 1.36 bits per heavy atom. The van der Waals surface area contributed by atoms with Crippen molar-refractivity contribution in [1.82, 2.24) is 5.32 Å². The average molecular weight is 370 g/mol. The Morgan fingerprint density at radius 1 is 0.750 bits per heavy atom. The summed E-state index contributed by atoms with van der Waals surface area (Å²) in [5.74, 6) is 0. The first-order valence-electron chi connectivity index (χ1n) is 10.3. The molecule has 0 heterocycles. The van der Waals surface area contributed by atoms with Crippen molar-refractivity contribution in [3.63, 3.8) is 0 Å². The average Bonchev–Trinajstić information content (AvgIpc) is 2.74. The van der Waals surface area contributed by atoms with Gasteiger partial charge < -0.3 is 5.32 Å². The predicted molar refractivity (Wildman–Crippen MR) is 123 cm³/mol. The molecule has 0 unspecified atom stereocenters. The third-order valence-corrected chi connectivity index (χ3v) is 5.23. The summed E-state index contributed by atoms with van der Waals surface area (Å²) < 4.78 is 0. The molecule has 1 nitrogen and oxygen atoms in total. The number of aryl methyl sites for hydroxylation is 2. The first-order valence-corrected chi connectivity index (χ1v) is 10.3. The van der Waals surface area contributed by atoms with Crippen molar-refractivity contribution in [2.75, 3.05) is 13.1 Å². The lowest BCUT2D eigenvalue weighted by Crippen LogP contribution is -2.14. The number of allylic oxidation sites excluding steroid dienone is 1. The van der Waals surface area contributed by atoms with Crippen LogP contribution in [0, 0.1) is 6.92 Å². The van der Waals surface area contributed by atoms with Crippen molar-refractivity contribution in [3.8, 4) is 0 Å². The monoisotopic (exact) mass is 369 g/mol. The maximum atomic E-state index is 3.40. The van der Waals surface area contributed by atoms with E-state index >= 15 is 0 Å². The maximum absolute atomic E-state index is 3.40. The van der Waals surface area contributed by atoms with Crippen LogP contribution in [-0.2, 0) is 6.42 Å². The van der Waals surface area contributed by atoms with E-state index in [1.54, 1.807) is 0 Å². The number of hydrogen-bond donors (Lipinski definition) is 1. The molecule has 0 bridgehead atoms. The van der Waals surface area contributed by atoms with Gasteiger partial charge in [-0.15, -0.1) is 0 Å². The fraction of sp³-hybridized carbons (Fsp3) is 0.259. The van der Waals surface area contributed by atoms with Crippen LogP contribution in [0.1, 0.15) is 48.1 Å². The van der Waals surface area contributed by atoms with E-state index in [1.807, 2.05) is 0 Å². The van der Waals surface area contributed by atoms with Gasteiger partial charge in [-0.1, -0.05) is 91.3 Å². The van der Waals surface area contributed by atoms with Gasteiger partial charge in [0.25, 0.3) is 0 Å². The van der Waals surface area contributed by atoms with E-state index in [2.05, 4.69) is 105 Å². The SMILES string of the molecule is CCNCCCc1ccc(/C(=C(/C)c2ccccc2)c2ccc(C)cc2)cc1. The van der Waals surface area contributed by atoms with Gasteiger partial charge in [-0.25, -0.2) is 0 Å². The molecule has 144 valence electrons. The number of benzene rings is 3. The highest BCUT2D eigenvalue weighted by Gasteiger charge is 2.11. The summed E-state index contributed by atoms with van der Waals surface area (Å²) in [6.45, 7) is 8.65. The van der Waals surface area contributed by atoms with Crippen LogP contribution < -0.4 is 5.32 Å². The highest BCUT2D eigenvalue weighted by molar-refractivity contribution is 5.97. The Bertz CT molecular complexity index is 887. The van der Waals surface area contributed by atoms with Crippen molar-refractivity contribution in [3.05, 3.63) is 107 Å². The van der Waals surface area contributed by atoms with E-state index in [1.165, 1.54) is 45.4 Å². The Balaban J connectivity index is 1.94. The quantitative estimate of drug-likeness (QED) is 0.352. The lowest BCUT2D eigenvalue weighted by molar-refractivity contribution is 0.672. The number of rotatable bonds is 8. The summed E-state index contributed by atoms with van der Waals surface area (Å²) in [6.07, 6.45) is 2.30. The molecular weight excluding hydrogens is 338 g/mol. The minimum absolute atomic E-state index is 1.04. The zero-order chi connectivity index (χ0) is 19.8. The van der Waals surface area contributed by atoms with Crippen LogP contribution in [0.2, 0.25) is 0 Å². The molecule has 3 rings (SSSR count). The third kappa shape index (κ3) is 5.21. The molecule has 0 fully saturated rings. The lowest BCUT2D eigenvalue weighted by Gasteiger charge is -2.15. The Labute approximate surface area is 170 Å². The predicted octanol–water partition coefficient (Wildman–Crippen LogP) is 6.52. The highest BCUT2D eigenvalue weighted by Crippen LogP contribution is 2.32. The molecule has 3 aromatic rings. The van der Waals surface area contributed by atoms with E-state index in [0.29, 0.717) is 0 Å². The number of hydrogen-bond acceptors (Lipinski definition) is 1. The molecule has 0 aromatic heterocycles. The van der Waals surface area contributed by atoms with Gasteiger partial charge in [0, 0.05) is 0 Å². The Hall–Kier alpha value is -2.64. The summed E-state index contributed by atoms with van der Waals surface area (Å²) >= 11 is 0. The molecular formula is C27H31N. The molecule has 1 heteroatoms. The molecule has 0 saturated carbocycles. The minimum atomic E-state index is 1.04. The van der Waals surface area contributed by atoms with Gasteiger partial charge in [-0.05, 0) is 73.2 Å². The molecule has 1 N–H and O–H groups in total. The van der Waals surface area contributed by atoms with Crippen molar-refractivity contribution >= 4 is 11.1 Å². The van der Waals surface area contributed by atoms with E-state index in [9.17, 15) is 0 Å². The van der Waals surface area contributed by atoms with Gasteiger partial charge in [0.1, 0.15) is 0 Å². The second-order valence-electron chi connectivity index (χ2n) is 7.39. The lowest BCUT2D eigenvalue weighted by atomic mass is 9.89. The van der Waals surface area contributed by atoms with Crippen LogP contribution >= 0.6 is 0 Å². The van der Waals surface area contributed by atoms with E-state index in [-0.39, 0.29) is 0 Å². The van der Waals surface area contributed by atoms with Crippen LogP contribution in [0.4, 0.5) is 0 Å². The van der Waals surface area contributed by atoms with Crippen molar-refractivity contribution in [2.24, 2.45) is 0 Å². The Morgan fingerprint density at radius 3 is 1.96 bits per heavy atom. The zero-order valence-corrected chi connectivity index (χ0v) is 17.3. The molecule has 0 aliphatic carbocycles. The smallest absolute Gasteiger partial charge is 0.00459 e. The standard InChI is InChI=1S/C27H31N/c1-4-28-20-8-9-23-14-18-26(19-15-23)27(25-16-12-21(2)13-17-25)22(3)24-10-6-5-7-11-24/h5-7,10-19,28H,4,8-9,20H2,1-3H3/b27-22-. The Kier molecular flexibility index (Phi) is 7.22. The molecule has 3 aromatic carbocycles. The number of nitrogens with one attached hydrogen (secondary N) is 1. The van der Waals surface area contributed by atoms with Crippen LogP contribution in [0.15, 0.2) is 78.9 Å². The van der Waals surface area contributed by atoms with Gasteiger partial charge in [-0.3, -0.25) is 0 Å². The second-order valence-corrected chi connectivity index (χ2v) is 7.39. The van der Waals surface area contributed by atoms with Gasteiger partial charge in [0.2, 0.25) is 0 Å². The first-order chi connectivity index (χ1) is 13.7. The van der Waals surface area contributed by atoms with Crippen molar-refractivity contribution in [2.45, 2.75) is 33.6 Å². The summed E-state index contributed by atoms with van der Waals surface area (Å²) in [5, 5.41) is 3.40. The summed E-state index contributed by atoms with van der Waals surface area (Å²) in [7, 11) is 0. The molecule has 0 radical (unpaired) electrons. The molecule has 0 amide bonds. The fourth-order valence-electron chi connectivity index (χ4n) is 3.58. The summed E-state index contributed by atoms with van der Waals surface area (Å²) in [5.41, 5.74) is 9.13. The molecule has 0 saturated heterocycles. The van der Waals surface area contributed by atoms with Crippen LogP contribution in [0.25, 0.3) is 11.1 Å². The molecule has 0 atom stereocenters. The molecule has 0 aliphatic rings. The van der Waals surface area contributed by atoms with E-state index in [4.69, 9.17) is 0 Å². The maximum Gasteiger partial charge on any atom is -0.00459 e. The van der Waals surface area contributed by atoms with Gasteiger partial charge in [0.05, 0.1) is 0 Å². The summed E-state index contributed by atoms with van der Waals surface area (Å²) in [4.78, 5) is 0. The summed E-state index contributed by atoms with van der Waals surface area (Å²) in [6, 6.07) is 28.7. The highest BCUT2D eigenvalue weighted by atomic mass is 14.8. The van der Waals surface area contributed by atoms with Gasteiger partial charge in [-0.2, -0.15) is 0 Å². The van der Waals surface area contributed by atoms with Crippen molar-refractivity contribution < 1.29 is 0 Å². The normalized spacial score (nSPS) is 12.0. The van der Waals surface area contributed by atoms with Gasteiger partial charge >= 0.3 is 0 Å². The zero-order valence-electron chi connectivity index (χ0n) is 17.3. The van der Waals surface area contributed by atoms with Crippen molar-refractivity contribution in [1.29, 1.82) is 0 Å². The van der Waals surface area contributed by atoms with Crippen LogP contribution in [0.3, 0.4) is 0 Å². The van der Waals surface area contributed by atoms with E-state index < -0.39 is 0 Å². The topological polar surface area (TPSA) is 12.0 Å². The third-order valence-electron chi connectivity index (χ3n) is 5.23. The molecule has 28 heavy (non-hydrogen) atoms. The van der Waals surface area contributed by atoms with Crippen LogP contribution in [-0.4, -0.2) is 13.1 Å². The largest absolute Gasteiger partial charge is 0.317 e. The van der Waals surface area contributed by atoms with Gasteiger partial charge in [0.15, 0.2) is 0 Å². The minimum Gasteiger partial charge on any atom is -0.317 e.